The van der Waals surface area contributed by atoms with E-state index in [1.165, 1.54) is 39.0 Å². The van der Waals surface area contributed by atoms with Crippen LogP contribution in [0, 0.1) is 6.92 Å². The number of benzene rings is 2. The zero-order valence-corrected chi connectivity index (χ0v) is 21.0. The van der Waals surface area contributed by atoms with Crippen molar-refractivity contribution in [3.63, 3.8) is 0 Å². The molecule has 2 aromatic carbocycles. The van der Waals surface area contributed by atoms with E-state index in [-0.39, 0.29) is 0 Å². The molecule has 0 radical (unpaired) electrons. The molecule has 8 heteroatoms. The number of likely N-dealkylation sites (N-methyl/N-ethyl adjacent to an activating group) is 1. The molecular weight excluding hydrogens is 450 g/mol. The maximum Gasteiger partial charge on any atom is 0.249 e. The molecule has 0 unspecified atom stereocenters. The molecular formula is C28H33N7O. The van der Waals surface area contributed by atoms with E-state index in [0.717, 1.165) is 51.9 Å². The number of piperidine rings is 1. The van der Waals surface area contributed by atoms with Crippen molar-refractivity contribution in [1.29, 1.82) is 0 Å². The number of aromatic nitrogens is 3. The molecule has 186 valence electrons. The summed E-state index contributed by atoms with van der Waals surface area (Å²) in [5, 5.41) is 6.49. The molecule has 6 rings (SSSR count). The molecule has 36 heavy (non-hydrogen) atoms. The number of carbonyl (C=O) groups excluding carboxylic acids is 1. The number of primary amides is 1. The molecule has 0 aliphatic carbocycles. The van der Waals surface area contributed by atoms with Gasteiger partial charge >= 0.3 is 0 Å². The quantitative estimate of drug-likeness (QED) is 0.480. The van der Waals surface area contributed by atoms with Crippen molar-refractivity contribution in [1.82, 2.24) is 24.4 Å². The fraction of sp³-hybridized carbons (Fsp3) is 0.393. The molecule has 2 fully saturated rings. The van der Waals surface area contributed by atoms with Crippen LogP contribution in [0.4, 0.5) is 5.69 Å². The molecule has 4 heterocycles. The monoisotopic (exact) mass is 483 g/mol. The Morgan fingerprint density at radius 3 is 2.47 bits per heavy atom. The Morgan fingerprint density at radius 2 is 1.72 bits per heavy atom. The molecule has 2 saturated heterocycles. The van der Waals surface area contributed by atoms with Crippen LogP contribution in [0.15, 0.2) is 48.9 Å². The standard InChI is InChI=1S/C28H33N7O/c1-19-3-4-22-23(5-6-24(27(29)36)25(22)15-19)26-17-31-35-18-21(16-30-28(26)35)33-9-7-20(8-10-33)34-13-11-32(2)12-14-34/h3-6,15-18,20H,7-14H2,1-2H3,(H2,29,36). The van der Waals surface area contributed by atoms with Gasteiger partial charge in [-0.2, -0.15) is 5.10 Å². The van der Waals surface area contributed by atoms with Crippen LogP contribution in [0.5, 0.6) is 0 Å². The zero-order chi connectivity index (χ0) is 24.8. The van der Waals surface area contributed by atoms with Gasteiger partial charge in [0.05, 0.1) is 24.3 Å². The molecule has 2 aliphatic rings. The van der Waals surface area contributed by atoms with Crippen molar-refractivity contribution in [2.24, 2.45) is 5.73 Å². The van der Waals surface area contributed by atoms with Crippen LogP contribution < -0.4 is 10.6 Å². The molecule has 0 bridgehead atoms. The summed E-state index contributed by atoms with van der Waals surface area (Å²) >= 11 is 0. The van der Waals surface area contributed by atoms with E-state index >= 15 is 0 Å². The van der Waals surface area contributed by atoms with Crippen molar-refractivity contribution in [3.05, 3.63) is 60.0 Å². The lowest BCUT2D eigenvalue weighted by molar-refractivity contribution is 0.0982. The number of nitrogens with zero attached hydrogens (tertiary/aromatic N) is 6. The molecule has 0 atom stereocenters. The zero-order valence-electron chi connectivity index (χ0n) is 21.0. The number of anilines is 1. The van der Waals surface area contributed by atoms with E-state index in [9.17, 15) is 4.79 Å². The van der Waals surface area contributed by atoms with Gasteiger partial charge < -0.3 is 15.5 Å². The van der Waals surface area contributed by atoms with Crippen LogP contribution in [0.1, 0.15) is 28.8 Å². The Hall–Kier alpha value is -3.49. The van der Waals surface area contributed by atoms with Gasteiger partial charge in [0.1, 0.15) is 0 Å². The third kappa shape index (κ3) is 4.10. The van der Waals surface area contributed by atoms with E-state index in [2.05, 4.69) is 45.2 Å². The highest BCUT2D eigenvalue weighted by Crippen LogP contribution is 2.34. The third-order valence-electron chi connectivity index (χ3n) is 7.95. The lowest BCUT2D eigenvalue weighted by Gasteiger charge is -2.42. The topological polar surface area (TPSA) is 83.0 Å². The van der Waals surface area contributed by atoms with Crippen molar-refractivity contribution in [2.75, 3.05) is 51.2 Å². The lowest BCUT2D eigenvalue weighted by atomic mass is 9.95. The summed E-state index contributed by atoms with van der Waals surface area (Å²) in [4.78, 5) is 24.4. The summed E-state index contributed by atoms with van der Waals surface area (Å²) in [7, 11) is 2.21. The first-order valence-corrected chi connectivity index (χ1v) is 12.8. The van der Waals surface area contributed by atoms with Crippen LogP contribution in [0.2, 0.25) is 0 Å². The van der Waals surface area contributed by atoms with Crippen LogP contribution >= 0.6 is 0 Å². The van der Waals surface area contributed by atoms with Gasteiger partial charge in [-0.1, -0.05) is 29.8 Å². The number of rotatable bonds is 4. The largest absolute Gasteiger partial charge is 0.369 e. The molecule has 2 N–H and O–H groups in total. The van der Waals surface area contributed by atoms with Crippen molar-refractivity contribution in [3.8, 4) is 11.1 Å². The summed E-state index contributed by atoms with van der Waals surface area (Å²) in [6, 6.07) is 10.6. The van der Waals surface area contributed by atoms with Crippen molar-refractivity contribution in [2.45, 2.75) is 25.8 Å². The highest BCUT2D eigenvalue weighted by atomic mass is 16.1. The summed E-state index contributed by atoms with van der Waals surface area (Å²) in [5.74, 6) is -0.420. The fourth-order valence-corrected chi connectivity index (χ4v) is 5.81. The minimum Gasteiger partial charge on any atom is -0.369 e. The van der Waals surface area contributed by atoms with Crippen LogP contribution in [0.3, 0.4) is 0 Å². The number of aryl methyl sites for hydroxylation is 1. The molecule has 0 saturated carbocycles. The molecule has 2 aromatic heterocycles. The molecule has 2 aliphatic heterocycles. The minimum absolute atomic E-state index is 0.420. The maximum absolute atomic E-state index is 12.0. The predicted molar refractivity (Wildman–Crippen MR) is 143 cm³/mol. The van der Waals surface area contributed by atoms with Crippen LogP contribution in [-0.2, 0) is 0 Å². The van der Waals surface area contributed by atoms with Gasteiger partial charge in [-0.3, -0.25) is 9.69 Å². The van der Waals surface area contributed by atoms with Gasteiger partial charge in [0.15, 0.2) is 5.65 Å². The molecule has 4 aromatic rings. The summed E-state index contributed by atoms with van der Waals surface area (Å²) < 4.78 is 1.87. The smallest absolute Gasteiger partial charge is 0.249 e. The average molecular weight is 484 g/mol. The summed E-state index contributed by atoms with van der Waals surface area (Å²) in [6.07, 6.45) is 8.30. The third-order valence-corrected chi connectivity index (χ3v) is 7.95. The number of fused-ring (bicyclic) bond motifs is 2. The SMILES string of the molecule is Cc1ccc2c(-c3cnn4cc(N5CCC(N6CCN(C)CC6)CC5)cnc34)ccc(C(N)=O)c2c1. The molecule has 1 amide bonds. The summed E-state index contributed by atoms with van der Waals surface area (Å²) in [6.45, 7) is 8.79. The minimum atomic E-state index is -0.420. The highest BCUT2D eigenvalue weighted by Gasteiger charge is 2.27. The molecule has 0 spiro atoms. The van der Waals surface area contributed by atoms with E-state index in [0.29, 0.717) is 11.6 Å². The number of carbonyl (C=O) groups is 1. The van der Waals surface area contributed by atoms with E-state index in [1.54, 1.807) is 0 Å². The van der Waals surface area contributed by atoms with Crippen molar-refractivity contribution < 1.29 is 4.79 Å². The van der Waals surface area contributed by atoms with Gasteiger partial charge in [0, 0.05) is 56.4 Å². The molecule has 8 nitrogen and oxygen atoms in total. The Labute approximate surface area is 211 Å². The Bertz CT molecular complexity index is 1430. The van der Waals surface area contributed by atoms with Crippen molar-refractivity contribution >= 4 is 28.0 Å². The lowest BCUT2D eigenvalue weighted by Crippen LogP contribution is -2.52. The first-order chi connectivity index (χ1) is 17.5. The predicted octanol–water partition coefficient (Wildman–Crippen LogP) is 3.17. The Morgan fingerprint density at radius 1 is 0.944 bits per heavy atom. The Kier molecular flexibility index (Phi) is 5.85. The second-order valence-corrected chi connectivity index (χ2v) is 10.3. The average Bonchev–Trinajstić information content (AvgIpc) is 3.31. The number of amides is 1. The van der Waals surface area contributed by atoms with Crippen LogP contribution in [-0.4, -0.2) is 82.7 Å². The van der Waals surface area contributed by atoms with Gasteiger partial charge in [0.25, 0.3) is 0 Å². The normalized spacial score (nSPS) is 18.3. The fourth-order valence-electron chi connectivity index (χ4n) is 5.81. The second-order valence-electron chi connectivity index (χ2n) is 10.3. The number of hydrogen-bond donors (Lipinski definition) is 1. The van der Waals surface area contributed by atoms with Gasteiger partial charge in [0.2, 0.25) is 5.91 Å². The highest BCUT2D eigenvalue weighted by molar-refractivity contribution is 6.11. The van der Waals surface area contributed by atoms with E-state index in [1.807, 2.05) is 42.0 Å². The first kappa shape index (κ1) is 22.9. The van der Waals surface area contributed by atoms with E-state index < -0.39 is 5.91 Å². The first-order valence-electron chi connectivity index (χ1n) is 12.8. The Balaban J connectivity index is 1.26. The number of hydrogen-bond acceptors (Lipinski definition) is 6. The van der Waals surface area contributed by atoms with Gasteiger partial charge in [-0.05, 0) is 49.2 Å². The van der Waals surface area contributed by atoms with Gasteiger partial charge in [-0.15, -0.1) is 0 Å². The summed E-state index contributed by atoms with van der Waals surface area (Å²) in [5.41, 5.74) is 11.1. The second kappa shape index (κ2) is 9.19. The number of nitrogens with two attached hydrogens (primary N) is 1. The maximum atomic E-state index is 12.0. The number of piperazine rings is 1. The van der Waals surface area contributed by atoms with E-state index in [4.69, 9.17) is 10.7 Å². The van der Waals surface area contributed by atoms with Gasteiger partial charge in [-0.25, -0.2) is 9.50 Å². The van der Waals surface area contributed by atoms with Crippen LogP contribution in [0.25, 0.3) is 27.5 Å².